The zero-order valence-electron chi connectivity index (χ0n) is 12.3. The van der Waals surface area contributed by atoms with Crippen LogP contribution in [0.15, 0.2) is 4.36 Å². The second-order valence-electron chi connectivity index (χ2n) is 4.50. The second-order valence-corrected chi connectivity index (χ2v) is 5.11. The van der Waals surface area contributed by atoms with Crippen LogP contribution in [0, 0.1) is 0 Å². The number of nitrogens with zero attached hydrogens (tertiary/aromatic N) is 1. The Kier molecular flexibility index (Phi) is 19.3. The van der Waals surface area contributed by atoms with Crippen LogP contribution < -0.4 is 0 Å². The molecule has 0 aromatic carbocycles. The van der Waals surface area contributed by atoms with Crippen molar-refractivity contribution in [1.82, 2.24) is 0 Å². The van der Waals surface area contributed by atoms with E-state index in [-0.39, 0.29) is 0 Å². The van der Waals surface area contributed by atoms with Gasteiger partial charge in [-0.25, -0.2) is 4.79 Å². The molecule has 0 bridgehead atoms. The van der Waals surface area contributed by atoms with Gasteiger partial charge in [0, 0.05) is 6.61 Å². The smallest absolute Gasteiger partial charge is 0.446 e. The normalized spacial score (nSPS) is 9.50. The summed E-state index contributed by atoms with van der Waals surface area (Å²) in [5.74, 6) is 0. The Morgan fingerprint density at radius 1 is 0.900 bits per heavy atom. The van der Waals surface area contributed by atoms with Gasteiger partial charge in [-0.1, -0.05) is 69.1 Å². The molecule has 2 N–H and O–H groups in total. The van der Waals surface area contributed by atoms with Gasteiger partial charge in [0.25, 0.3) is 0 Å². The average Bonchev–Trinajstić information content (AvgIpc) is 2.36. The van der Waals surface area contributed by atoms with Crippen molar-refractivity contribution >= 4 is 16.6 Å². The van der Waals surface area contributed by atoms with Crippen LogP contribution in [0.4, 0.5) is 4.79 Å². The quantitative estimate of drug-likeness (QED) is 0.600. The monoisotopic (exact) mass is 309 g/mol. The number of aliphatic hydroxyl groups is 1. The average molecular weight is 309 g/mol. The lowest BCUT2D eigenvalue weighted by Crippen LogP contribution is -1.84. The molecule has 0 aromatic heterocycles. The van der Waals surface area contributed by atoms with E-state index in [1.807, 2.05) is 0 Å². The molecule has 120 valence electrons. The van der Waals surface area contributed by atoms with Crippen LogP contribution in [0.2, 0.25) is 0 Å². The Balaban J connectivity index is 0. The maximum Gasteiger partial charge on any atom is 0.446 e. The number of aliphatic hydroxyl groups excluding tert-OH is 1. The number of carboxylic acid groups (broad SMARTS) is 1. The highest BCUT2D eigenvalue weighted by Gasteiger charge is 1.91. The van der Waals surface area contributed by atoms with Crippen LogP contribution in [0.25, 0.3) is 0 Å². The molecule has 0 radical (unpaired) electrons. The van der Waals surface area contributed by atoms with E-state index in [9.17, 15) is 13.2 Å². The molecule has 0 fully saturated rings. The van der Waals surface area contributed by atoms with Gasteiger partial charge < -0.3 is 10.2 Å². The van der Waals surface area contributed by atoms with Crippen molar-refractivity contribution < 1.29 is 23.4 Å². The van der Waals surface area contributed by atoms with Gasteiger partial charge in [0.2, 0.25) is 0 Å². The summed E-state index contributed by atoms with van der Waals surface area (Å²) in [5, 5.41) is 16.1. The van der Waals surface area contributed by atoms with Crippen molar-refractivity contribution in [2.45, 2.75) is 71.1 Å². The minimum absolute atomic E-state index is 0.372. The first-order chi connectivity index (χ1) is 9.54. The Bertz CT molecular complexity index is 323. The largest absolute Gasteiger partial charge is 0.463 e. The van der Waals surface area contributed by atoms with Crippen molar-refractivity contribution in [3.8, 4) is 0 Å². The fourth-order valence-corrected chi connectivity index (χ4v) is 1.79. The third kappa shape index (κ3) is 25.8. The third-order valence-electron chi connectivity index (χ3n) is 2.66. The Labute approximate surface area is 122 Å². The van der Waals surface area contributed by atoms with E-state index in [1.54, 1.807) is 0 Å². The number of rotatable bonds is 10. The third-order valence-corrected chi connectivity index (χ3v) is 2.97. The first kappa shape index (κ1) is 21.4. The molecule has 0 aliphatic rings. The summed E-state index contributed by atoms with van der Waals surface area (Å²) in [6.07, 6.45) is 11.6. The van der Waals surface area contributed by atoms with E-state index in [0.717, 1.165) is 6.42 Å². The van der Waals surface area contributed by atoms with Gasteiger partial charge in [-0.15, -0.1) is 0 Å². The van der Waals surface area contributed by atoms with Gasteiger partial charge in [-0.3, -0.25) is 0 Å². The summed E-state index contributed by atoms with van der Waals surface area (Å²) in [4.78, 5) is 9.25. The molecule has 0 atom stereocenters. The van der Waals surface area contributed by atoms with Gasteiger partial charge in [-0.05, 0) is 6.42 Å². The van der Waals surface area contributed by atoms with Crippen molar-refractivity contribution in [1.29, 1.82) is 0 Å². The molecule has 0 heterocycles. The SMILES string of the molecule is CCCCCCCCCCCCO.O=C(O)N=S(=O)=O. The fourth-order valence-electron chi connectivity index (χ4n) is 1.66. The molecule has 0 saturated carbocycles. The van der Waals surface area contributed by atoms with Gasteiger partial charge in [0.1, 0.15) is 0 Å². The minimum Gasteiger partial charge on any atom is -0.463 e. The predicted molar refractivity (Wildman–Crippen MR) is 78.3 cm³/mol. The summed E-state index contributed by atoms with van der Waals surface area (Å²) >= 11 is 0. The van der Waals surface area contributed by atoms with Crippen molar-refractivity contribution in [2.75, 3.05) is 6.61 Å². The molecule has 0 spiro atoms. The fraction of sp³-hybridized carbons (Fsp3) is 0.923. The van der Waals surface area contributed by atoms with Gasteiger partial charge in [0.05, 0.1) is 0 Å². The lowest BCUT2D eigenvalue weighted by molar-refractivity contribution is 0.206. The van der Waals surface area contributed by atoms with Crippen LogP contribution in [-0.4, -0.2) is 31.3 Å². The molecule has 0 aliphatic heterocycles. The summed E-state index contributed by atoms with van der Waals surface area (Å²) in [5.41, 5.74) is 0. The van der Waals surface area contributed by atoms with Gasteiger partial charge in [0.15, 0.2) is 0 Å². The molecule has 7 heteroatoms. The number of hydrogen-bond acceptors (Lipinski definition) is 4. The van der Waals surface area contributed by atoms with Crippen LogP contribution in [0.5, 0.6) is 0 Å². The maximum absolute atomic E-state index is 9.26. The van der Waals surface area contributed by atoms with Crippen molar-refractivity contribution in [3.05, 3.63) is 0 Å². The van der Waals surface area contributed by atoms with Gasteiger partial charge >= 0.3 is 16.6 Å². The summed E-state index contributed by atoms with van der Waals surface area (Å²) in [6.45, 7) is 2.63. The topological polar surface area (TPSA) is 104 Å². The zero-order chi connectivity index (χ0) is 15.6. The van der Waals surface area contributed by atoms with Crippen LogP contribution in [0.3, 0.4) is 0 Å². The summed E-state index contributed by atoms with van der Waals surface area (Å²) < 4.78 is 20.6. The van der Waals surface area contributed by atoms with E-state index in [4.69, 9.17) is 10.2 Å². The highest BCUT2D eigenvalue weighted by Crippen LogP contribution is 2.09. The molecule has 0 aromatic rings. The standard InChI is InChI=1S/C12H26O.CHNO4S/c1-2-3-4-5-6-7-8-9-10-11-12-13;3-1(4)2-7(5)6/h13H,2-12H2,1H3;(H,3,4). The minimum atomic E-state index is -2.82. The Morgan fingerprint density at radius 3 is 1.55 bits per heavy atom. The van der Waals surface area contributed by atoms with E-state index < -0.39 is 16.6 Å². The highest BCUT2D eigenvalue weighted by molar-refractivity contribution is 7.62. The van der Waals surface area contributed by atoms with E-state index >= 15 is 0 Å². The lowest BCUT2D eigenvalue weighted by Gasteiger charge is -2.00. The lowest BCUT2D eigenvalue weighted by atomic mass is 10.1. The maximum atomic E-state index is 9.26. The molecular weight excluding hydrogens is 282 g/mol. The molecule has 0 aliphatic carbocycles. The van der Waals surface area contributed by atoms with Crippen LogP contribution in [0.1, 0.15) is 71.1 Å². The van der Waals surface area contributed by atoms with E-state index in [0.29, 0.717) is 6.61 Å². The zero-order valence-corrected chi connectivity index (χ0v) is 13.1. The highest BCUT2D eigenvalue weighted by atomic mass is 32.2. The molecule has 6 nitrogen and oxygen atoms in total. The second kappa shape index (κ2) is 18.0. The van der Waals surface area contributed by atoms with Crippen molar-refractivity contribution in [3.63, 3.8) is 0 Å². The van der Waals surface area contributed by atoms with Crippen molar-refractivity contribution in [2.24, 2.45) is 4.36 Å². The number of amides is 1. The Hall–Kier alpha value is -0.950. The predicted octanol–water partition coefficient (Wildman–Crippen LogP) is 3.63. The molecule has 0 saturated heterocycles. The first-order valence-electron chi connectivity index (χ1n) is 7.19. The van der Waals surface area contributed by atoms with Crippen LogP contribution in [-0.2, 0) is 10.5 Å². The first-order valence-corrected chi connectivity index (χ1v) is 8.22. The van der Waals surface area contributed by atoms with Crippen LogP contribution >= 0.6 is 0 Å². The number of hydrogen-bond donors (Lipinski definition) is 2. The van der Waals surface area contributed by atoms with E-state index in [2.05, 4.69) is 11.3 Å². The number of unbranched alkanes of at least 4 members (excludes halogenated alkanes) is 9. The number of carbonyl (C=O) groups is 1. The molecule has 1 amide bonds. The Morgan fingerprint density at radius 2 is 1.30 bits per heavy atom. The molecular formula is C13H27NO5S. The molecule has 0 rings (SSSR count). The van der Waals surface area contributed by atoms with Gasteiger partial charge in [-0.2, -0.15) is 8.42 Å². The molecule has 0 unspecified atom stereocenters. The van der Waals surface area contributed by atoms with E-state index in [1.165, 1.54) is 57.8 Å². The molecule has 20 heavy (non-hydrogen) atoms. The summed E-state index contributed by atoms with van der Waals surface area (Å²) in [7, 11) is -2.82. The summed E-state index contributed by atoms with van der Waals surface area (Å²) in [6, 6.07) is 0.